The number of hydrogen-bond acceptors (Lipinski definition) is 5. The summed E-state index contributed by atoms with van der Waals surface area (Å²) in [7, 11) is 0. The second kappa shape index (κ2) is 6.88. The zero-order valence-corrected chi connectivity index (χ0v) is 14.6. The van der Waals surface area contributed by atoms with Crippen LogP contribution in [-0.4, -0.2) is 33.7 Å². The highest BCUT2D eigenvalue weighted by atomic mass is 19.4. The van der Waals surface area contributed by atoms with Gasteiger partial charge in [0.15, 0.2) is 5.65 Å². The zero-order valence-electron chi connectivity index (χ0n) is 14.6. The van der Waals surface area contributed by atoms with Crippen molar-refractivity contribution in [2.75, 3.05) is 11.4 Å². The number of aromatic nitrogens is 3. The van der Waals surface area contributed by atoms with Crippen LogP contribution in [0.15, 0.2) is 36.7 Å². The summed E-state index contributed by atoms with van der Waals surface area (Å²) in [5.74, 6) is -1.16. The van der Waals surface area contributed by atoms with Gasteiger partial charge >= 0.3 is 6.36 Å². The Morgan fingerprint density at radius 2 is 2.03 bits per heavy atom. The number of nitriles is 1. The highest BCUT2D eigenvalue weighted by Gasteiger charge is 2.39. The van der Waals surface area contributed by atoms with Crippen molar-refractivity contribution in [1.29, 1.82) is 5.26 Å². The molecule has 0 N–H and O–H groups in total. The monoisotopic (exact) mass is 409 g/mol. The third kappa shape index (κ3) is 3.65. The molecule has 0 bridgehead atoms. The van der Waals surface area contributed by atoms with E-state index in [4.69, 9.17) is 5.26 Å². The molecule has 1 saturated heterocycles. The molecule has 0 saturated carbocycles. The van der Waals surface area contributed by atoms with E-state index in [1.807, 2.05) is 6.07 Å². The highest BCUT2D eigenvalue weighted by Crippen LogP contribution is 2.42. The quantitative estimate of drug-likeness (QED) is 0.614. The Kier molecular flexibility index (Phi) is 4.49. The maximum atomic E-state index is 14.3. The number of halogens is 5. The minimum absolute atomic E-state index is 0.141. The Labute approximate surface area is 160 Å². The summed E-state index contributed by atoms with van der Waals surface area (Å²) in [6.07, 6.45) is -3.72. The van der Waals surface area contributed by atoms with E-state index in [0.717, 1.165) is 18.2 Å². The summed E-state index contributed by atoms with van der Waals surface area (Å²) < 4.78 is 71.8. The van der Waals surface area contributed by atoms with Gasteiger partial charge in [-0.25, -0.2) is 18.3 Å². The molecular weight excluding hydrogens is 397 g/mol. The molecular formula is C18H12F5N5O. The van der Waals surface area contributed by atoms with Crippen LogP contribution in [0.4, 0.5) is 27.8 Å². The summed E-state index contributed by atoms with van der Waals surface area (Å²) in [4.78, 5) is 5.73. The molecule has 0 unspecified atom stereocenters. The molecule has 1 fully saturated rings. The molecule has 0 amide bonds. The van der Waals surface area contributed by atoms with E-state index in [1.165, 1.54) is 27.9 Å². The lowest BCUT2D eigenvalue weighted by Crippen LogP contribution is -2.26. The van der Waals surface area contributed by atoms with Crippen LogP contribution in [0.2, 0.25) is 0 Å². The fraction of sp³-hybridized carbons (Fsp3) is 0.278. The van der Waals surface area contributed by atoms with Crippen LogP contribution >= 0.6 is 0 Å². The first kappa shape index (κ1) is 18.9. The largest absolute Gasteiger partial charge is 0.573 e. The number of rotatable bonds is 3. The summed E-state index contributed by atoms with van der Waals surface area (Å²) in [5, 5.41) is 13.1. The third-order valence-electron chi connectivity index (χ3n) is 4.58. The molecule has 29 heavy (non-hydrogen) atoms. The van der Waals surface area contributed by atoms with Crippen LogP contribution < -0.4 is 9.64 Å². The molecule has 2 atom stereocenters. The molecule has 3 aromatic rings. The molecule has 1 aliphatic heterocycles. The molecule has 150 valence electrons. The zero-order chi connectivity index (χ0) is 20.8. The lowest BCUT2D eigenvalue weighted by molar-refractivity contribution is -0.275. The van der Waals surface area contributed by atoms with E-state index in [0.29, 0.717) is 0 Å². The SMILES string of the molecule is N#Cc1cnn2ccc(N3C[C@@H](F)C[C@@H]3c3cc(F)ccc3OC(F)(F)F)nc12. The topological polar surface area (TPSA) is 66.5 Å². The number of benzene rings is 1. The van der Waals surface area contributed by atoms with Crippen molar-refractivity contribution in [2.24, 2.45) is 0 Å². The number of alkyl halides is 4. The molecule has 0 aliphatic carbocycles. The maximum absolute atomic E-state index is 14.3. The summed E-state index contributed by atoms with van der Waals surface area (Å²) in [6.45, 7) is -0.161. The Bertz CT molecular complexity index is 1110. The van der Waals surface area contributed by atoms with Crippen molar-refractivity contribution in [3.05, 3.63) is 53.6 Å². The van der Waals surface area contributed by atoms with Crippen molar-refractivity contribution < 1.29 is 26.7 Å². The fourth-order valence-corrected chi connectivity index (χ4v) is 3.43. The minimum atomic E-state index is -4.98. The Hall–Kier alpha value is -3.42. The van der Waals surface area contributed by atoms with E-state index in [9.17, 15) is 22.0 Å². The van der Waals surface area contributed by atoms with Crippen molar-refractivity contribution in [3.63, 3.8) is 0 Å². The van der Waals surface area contributed by atoms with Crippen LogP contribution in [-0.2, 0) is 0 Å². The van der Waals surface area contributed by atoms with Gasteiger partial charge in [-0.15, -0.1) is 13.2 Å². The third-order valence-corrected chi connectivity index (χ3v) is 4.58. The van der Waals surface area contributed by atoms with Gasteiger partial charge in [0.2, 0.25) is 0 Å². The van der Waals surface area contributed by atoms with Crippen LogP contribution in [0.5, 0.6) is 5.75 Å². The number of ether oxygens (including phenoxy) is 1. The second-order valence-electron chi connectivity index (χ2n) is 6.46. The molecule has 2 aromatic heterocycles. The van der Waals surface area contributed by atoms with Gasteiger partial charge in [0.25, 0.3) is 0 Å². The van der Waals surface area contributed by atoms with E-state index in [1.54, 1.807) is 0 Å². The predicted molar refractivity (Wildman–Crippen MR) is 90.4 cm³/mol. The standard InChI is InChI=1S/C18H12F5N5O/c19-11-1-2-15(29-18(21,22)23)13(5-11)14-6-12(20)9-27(14)16-3-4-28-17(26-16)10(7-24)8-25-28/h1-5,8,12,14H,6,9H2/t12-,14+/m0/s1. The van der Waals surface area contributed by atoms with Gasteiger partial charge in [-0.1, -0.05) is 0 Å². The number of anilines is 1. The fourth-order valence-electron chi connectivity index (χ4n) is 3.43. The average molecular weight is 409 g/mol. The van der Waals surface area contributed by atoms with Gasteiger partial charge in [0.1, 0.15) is 35.2 Å². The van der Waals surface area contributed by atoms with Crippen LogP contribution in [0.25, 0.3) is 5.65 Å². The summed E-state index contributed by atoms with van der Waals surface area (Å²) >= 11 is 0. The minimum Gasteiger partial charge on any atom is -0.405 e. The van der Waals surface area contributed by atoms with Gasteiger partial charge < -0.3 is 9.64 Å². The van der Waals surface area contributed by atoms with Crippen molar-refractivity contribution >= 4 is 11.5 Å². The van der Waals surface area contributed by atoms with Gasteiger partial charge in [0, 0.05) is 18.2 Å². The molecule has 4 rings (SSSR count). The van der Waals surface area contributed by atoms with E-state index < -0.39 is 30.1 Å². The smallest absolute Gasteiger partial charge is 0.405 e. The normalized spacial score (nSPS) is 19.5. The maximum Gasteiger partial charge on any atom is 0.573 e. The van der Waals surface area contributed by atoms with Crippen molar-refractivity contribution in [1.82, 2.24) is 14.6 Å². The van der Waals surface area contributed by atoms with Crippen LogP contribution in [0, 0.1) is 17.1 Å². The number of hydrogen-bond donors (Lipinski definition) is 0. The first-order valence-corrected chi connectivity index (χ1v) is 8.45. The van der Waals surface area contributed by atoms with Crippen LogP contribution in [0.1, 0.15) is 23.6 Å². The highest BCUT2D eigenvalue weighted by molar-refractivity contribution is 5.59. The first-order chi connectivity index (χ1) is 13.7. The average Bonchev–Trinajstić information content (AvgIpc) is 3.24. The van der Waals surface area contributed by atoms with Gasteiger partial charge in [-0.2, -0.15) is 10.4 Å². The molecule has 11 heteroatoms. The van der Waals surface area contributed by atoms with E-state index >= 15 is 0 Å². The number of nitrogens with zero attached hydrogens (tertiary/aromatic N) is 5. The predicted octanol–water partition coefficient (Wildman–Crippen LogP) is 3.93. The molecule has 1 aliphatic rings. The summed E-state index contributed by atoms with van der Waals surface area (Å²) in [5.41, 5.74) is 0.265. The van der Waals surface area contributed by atoms with Gasteiger partial charge in [-0.05, 0) is 24.3 Å². The lowest BCUT2D eigenvalue weighted by atomic mass is 10.0. The molecule has 0 spiro atoms. The van der Waals surface area contributed by atoms with E-state index in [2.05, 4.69) is 14.8 Å². The van der Waals surface area contributed by atoms with Gasteiger partial charge in [-0.3, -0.25) is 0 Å². The Morgan fingerprint density at radius 3 is 2.76 bits per heavy atom. The number of fused-ring (bicyclic) bond motifs is 1. The van der Waals surface area contributed by atoms with Gasteiger partial charge in [0.05, 0.1) is 18.8 Å². The summed E-state index contributed by atoms with van der Waals surface area (Å²) in [6, 6.07) is 5.08. The molecule has 0 radical (unpaired) electrons. The van der Waals surface area contributed by atoms with Crippen molar-refractivity contribution in [2.45, 2.75) is 25.0 Å². The second-order valence-corrected chi connectivity index (χ2v) is 6.46. The molecule has 1 aromatic carbocycles. The molecule has 3 heterocycles. The van der Waals surface area contributed by atoms with Crippen molar-refractivity contribution in [3.8, 4) is 11.8 Å². The first-order valence-electron chi connectivity index (χ1n) is 8.45. The molecule has 6 nitrogen and oxygen atoms in total. The Morgan fingerprint density at radius 1 is 1.24 bits per heavy atom. The van der Waals surface area contributed by atoms with Crippen LogP contribution in [0.3, 0.4) is 0 Å². The Balaban J connectivity index is 1.78. The van der Waals surface area contributed by atoms with E-state index in [-0.39, 0.29) is 35.6 Å². The lowest BCUT2D eigenvalue weighted by Gasteiger charge is -2.27.